The standard InChI is InChI=1S/C37H48N4O7/c1-9-25-17-13-14-18-26(25)31(32(43)39-28(34(45)47-36(3,4)5)22-24-15-11-10-12-16-24)41(29-21-23(29)2)33(44)27(19-20-30(38)42)40-35(46)48-37(6,7)8/h1,10-18,23,27-29,31H,19-22H2,2-8H3,(H2,38,42)(H,39,43)(H,40,46). The van der Waals surface area contributed by atoms with Crippen LogP contribution in [0.2, 0.25) is 0 Å². The van der Waals surface area contributed by atoms with Crippen molar-refractivity contribution in [3.05, 3.63) is 71.3 Å². The molecule has 48 heavy (non-hydrogen) atoms. The first-order valence-electron chi connectivity index (χ1n) is 16.1. The molecule has 1 aliphatic rings. The van der Waals surface area contributed by atoms with E-state index in [2.05, 4.69) is 16.6 Å². The Morgan fingerprint density at radius 2 is 1.50 bits per heavy atom. The lowest BCUT2D eigenvalue weighted by atomic mass is 9.96. The Balaban J connectivity index is 2.12. The number of carbonyl (C=O) groups excluding carboxylic acids is 5. The van der Waals surface area contributed by atoms with Crippen LogP contribution >= 0.6 is 0 Å². The largest absolute Gasteiger partial charge is 0.458 e. The van der Waals surface area contributed by atoms with Gasteiger partial charge in [0.15, 0.2) is 0 Å². The molecule has 0 bridgehead atoms. The zero-order valence-corrected chi connectivity index (χ0v) is 28.9. The highest BCUT2D eigenvalue weighted by atomic mass is 16.6. The summed E-state index contributed by atoms with van der Waals surface area (Å²) >= 11 is 0. The van der Waals surface area contributed by atoms with E-state index >= 15 is 0 Å². The van der Waals surface area contributed by atoms with Crippen molar-refractivity contribution in [2.45, 2.75) is 110 Å². The Morgan fingerprint density at radius 1 is 0.917 bits per heavy atom. The molecule has 1 aliphatic carbocycles. The van der Waals surface area contributed by atoms with E-state index in [0.717, 1.165) is 5.56 Å². The molecule has 0 saturated heterocycles. The van der Waals surface area contributed by atoms with Gasteiger partial charge in [-0.3, -0.25) is 14.4 Å². The summed E-state index contributed by atoms with van der Waals surface area (Å²) in [6, 6.07) is 11.8. The summed E-state index contributed by atoms with van der Waals surface area (Å²) in [6.45, 7) is 12.2. The van der Waals surface area contributed by atoms with Crippen molar-refractivity contribution >= 4 is 29.8 Å². The number of ether oxygens (including phenoxy) is 2. The van der Waals surface area contributed by atoms with Crippen LogP contribution in [-0.2, 0) is 35.1 Å². The highest BCUT2D eigenvalue weighted by Crippen LogP contribution is 2.41. The topological polar surface area (TPSA) is 157 Å². The predicted molar refractivity (Wildman–Crippen MR) is 181 cm³/mol. The monoisotopic (exact) mass is 660 g/mol. The van der Waals surface area contributed by atoms with Crippen molar-refractivity contribution in [2.24, 2.45) is 11.7 Å². The number of terminal acetylenes is 1. The van der Waals surface area contributed by atoms with Crippen LogP contribution < -0.4 is 16.4 Å². The van der Waals surface area contributed by atoms with Gasteiger partial charge in [-0.15, -0.1) is 6.42 Å². The molecule has 0 heterocycles. The van der Waals surface area contributed by atoms with Crippen LogP contribution in [0.3, 0.4) is 0 Å². The van der Waals surface area contributed by atoms with E-state index in [1.54, 1.807) is 65.8 Å². The Bertz CT molecular complexity index is 1520. The minimum absolute atomic E-state index is 0.00605. The van der Waals surface area contributed by atoms with Crippen molar-refractivity contribution in [1.82, 2.24) is 15.5 Å². The average molecular weight is 661 g/mol. The number of nitrogens with two attached hydrogens (primary N) is 1. The predicted octanol–water partition coefficient (Wildman–Crippen LogP) is 4.17. The van der Waals surface area contributed by atoms with Crippen LogP contribution in [0.1, 0.15) is 90.5 Å². The zero-order valence-electron chi connectivity index (χ0n) is 28.9. The number of hydrogen-bond acceptors (Lipinski definition) is 7. The van der Waals surface area contributed by atoms with E-state index in [1.807, 2.05) is 37.3 Å². The van der Waals surface area contributed by atoms with Crippen LogP contribution in [0, 0.1) is 18.3 Å². The Hall–Kier alpha value is -4.85. The summed E-state index contributed by atoms with van der Waals surface area (Å²) in [4.78, 5) is 68.8. The number of carbonyl (C=O) groups is 5. The van der Waals surface area contributed by atoms with Gasteiger partial charge in [0.25, 0.3) is 0 Å². The molecule has 0 radical (unpaired) electrons. The van der Waals surface area contributed by atoms with E-state index in [4.69, 9.17) is 21.6 Å². The fourth-order valence-electron chi connectivity index (χ4n) is 5.30. The Labute approximate surface area is 283 Å². The summed E-state index contributed by atoms with van der Waals surface area (Å²) in [6.07, 6.45) is 5.37. The zero-order chi connectivity index (χ0) is 35.8. The number of hydrogen-bond donors (Lipinski definition) is 3. The van der Waals surface area contributed by atoms with Crippen molar-refractivity contribution < 1.29 is 33.4 Å². The summed E-state index contributed by atoms with van der Waals surface area (Å²) in [5.74, 6) is 0.0120. The average Bonchev–Trinajstić information content (AvgIpc) is 3.71. The molecule has 5 atom stereocenters. The molecule has 11 nitrogen and oxygen atoms in total. The molecule has 1 fully saturated rings. The number of nitrogens with one attached hydrogen (secondary N) is 2. The normalized spacial score (nSPS) is 17.5. The third-order valence-electron chi connectivity index (χ3n) is 7.58. The van der Waals surface area contributed by atoms with E-state index in [1.165, 1.54) is 4.90 Å². The summed E-state index contributed by atoms with van der Waals surface area (Å²) in [5.41, 5.74) is 5.25. The molecule has 0 aliphatic heterocycles. The molecule has 1 saturated carbocycles. The van der Waals surface area contributed by atoms with Gasteiger partial charge >= 0.3 is 12.1 Å². The first kappa shape index (κ1) is 37.6. The number of esters is 1. The second kappa shape index (κ2) is 15.8. The molecule has 11 heteroatoms. The molecular weight excluding hydrogens is 612 g/mol. The maximum Gasteiger partial charge on any atom is 0.408 e. The van der Waals surface area contributed by atoms with Gasteiger partial charge in [0.05, 0.1) is 0 Å². The number of amides is 4. The van der Waals surface area contributed by atoms with Crippen molar-refractivity contribution in [1.29, 1.82) is 0 Å². The first-order valence-corrected chi connectivity index (χ1v) is 16.1. The molecule has 3 rings (SSSR count). The quantitative estimate of drug-likeness (QED) is 0.215. The number of alkyl carbamates (subject to hydrolysis) is 1. The molecule has 2 aromatic rings. The Morgan fingerprint density at radius 3 is 2.04 bits per heavy atom. The van der Waals surface area contributed by atoms with Gasteiger partial charge in [0, 0.05) is 24.4 Å². The molecule has 4 amide bonds. The lowest BCUT2D eigenvalue weighted by molar-refractivity contribution is -0.159. The van der Waals surface area contributed by atoms with E-state index in [-0.39, 0.29) is 25.2 Å². The van der Waals surface area contributed by atoms with Crippen molar-refractivity contribution in [2.75, 3.05) is 0 Å². The summed E-state index contributed by atoms with van der Waals surface area (Å²) in [5, 5.41) is 5.46. The van der Waals surface area contributed by atoms with E-state index < -0.39 is 65.2 Å². The van der Waals surface area contributed by atoms with Crippen LogP contribution in [0.4, 0.5) is 4.79 Å². The summed E-state index contributed by atoms with van der Waals surface area (Å²) < 4.78 is 11.1. The SMILES string of the molecule is C#Cc1ccccc1C(C(=O)NC(Cc1ccccc1)C(=O)OC(C)(C)C)N(C(=O)C(CCC(N)=O)NC(=O)OC(C)(C)C)C1CC1C. The number of rotatable bonds is 13. The number of primary amides is 1. The molecular formula is C37H48N4O7. The number of nitrogens with zero attached hydrogens (tertiary/aromatic N) is 1. The van der Waals surface area contributed by atoms with Crippen molar-refractivity contribution in [3.63, 3.8) is 0 Å². The third kappa shape index (κ3) is 11.1. The van der Waals surface area contributed by atoms with E-state index in [0.29, 0.717) is 17.5 Å². The van der Waals surface area contributed by atoms with Crippen LogP contribution in [0.25, 0.3) is 0 Å². The minimum Gasteiger partial charge on any atom is -0.458 e. The lowest BCUT2D eigenvalue weighted by Crippen LogP contribution is -2.56. The molecule has 0 aromatic heterocycles. The van der Waals surface area contributed by atoms with Crippen molar-refractivity contribution in [3.8, 4) is 12.3 Å². The van der Waals surface area contributed by atoms with Crippen LogP contribution in [0.5, 0.6) is 0 Å². The van der Waals surface area contributed by atoms with Crippen LogP contribution in [-0.4, -0.2) is 64.0 Å². The third-order valence-corrected chi connectivity index (χ3v) is 7.58. The minimum atomic E-state index is -1.31. The van der Waals surface area contributed by atoms with Gasteiger partial charge < -0.3 is 30.7 Å². The molecule has 258 valence electrons. The smallest absolute Gasteiger partial charge is 0.408 e. The second-order valence-corrected chi connectivity index (χ2v) is 14.1. The first-order chi connectivity index (χ1) is 22.4. The van der Waals surface area contributed by atoms with Gasteiger partial charge in [-0.1, -0.05) is 61.4 Å². The summed E-state index contributed by atoms with van der Waals surface area (Å²) in [7, 11) is 0. The highest BCUT2D eigenvalue weighted by Gasteiger charge is 2.49. The fraction of sp³-hybridized carbons (Fsp3) is 0.486. The second-order valence-electron chi connectivity index (χ2n) is 14.1. The fourth-order valence-corrected chi connectivity index (χ4v) is 5.30. The molecule has 5 unspecified atom stereocenters. The van der Waals surface area contributed by atoms with Gasteiger partial charge in [-0.05, 0) is 77.5 Å². The van der Waals surface area contributed by atoms with Gasteiger partial charge in [0.2, 0.25) is 17.7 Å². The Kier molecular flexibility index (Phi) is 12.4. The molecule has 2 aromatic carbocycles. The van der Waals surface area contributed by atoms with Gasteiger partial charge in [-0.25, -0.2) is 9.59 Å². The lowest BCUT2D eigenvalue weighted by Gasteiger charge is -2.36. The maximum absolute atomic E-state index is 14.6. The van der Waals surface area contributed by atoms with E-state index in [9.17, 15) is 24.0 Å². The maximum atomic E-state index is 14.6. The van der Waals surface area contributed by atoms with Crippen LogP contribution in [0.15, 0.2) is 54.6 Å². The molecule has 4 N–H and O–H groups in total. The number of benzene rings is 2. The molecule has 0 spiro atoms. The highest BCUT2D eigenvalue weighted by molar-refractivity contribution is 5.95. The van der Waals surface area contributed by atoms with Gasteiger partial charge in [0.1, 0.15) is 29.3 Å². The van der Waals surface area contributed by atoms with Gasteiger partial charge in [-0.2, -0.15) is 0 Å².